The molecule has 0 unspecified atom stereocenters. The summed E-state index contributed by atoms with van der Waals surface area (Å²) in [6.07, 6.45) is 1.37. The first-order valence-corrected chi connectivity index (χ1v) is 8.97. The predicted octanol–water partition coefficient (Wildman–Crippen LogP) is 3.45. The third-order valence-electron chi connectivity index (χ3n) is 3.08. The molecule has 0 aliphatic carbocycles. The minimum atomic E-state index is -0.482. The molecule has 2 aromatic carbocycles. The van der Waals surface area contributed by atoms with Crippen LogP contribution < -0.4 is 5.43 Å². The number of non-ortho nitro benzene ring substituents is 1. The summed E-state index contributed by atoms with van der Waals surface area (Å²) in [6, 6.07) is 13.8. The van der Waals surface area contributed by atoms with Gasteiger partial charge in [-0.1, -0.05) is 36.0 Å². The van der Waals surface area contributed by atoms with E-state index in [1.807, 2.05) is 24.3 Å². The summed E-state index contributed by atoms with van der Waals surface area (Å²) >= 11 is 2.87. The van der Waals surface area contributed by atoms with Gasteiger partial charge < -0.3 is 0 Å². The number of thiazole rings is 1. The van der Waals surface area contributed by atoms with Crippen LogP contribution in [0.1, 0.15) is 5.56 Å². The molecule has 0 bridgehead atoms. The number of nitro benzene ring substituents is 1. The van der Waals surface area contributed by atoms with Crippen LogP contribution in [0.25, 0.3) is 10.2 Å². The van der Waals surface area contributed by atoms with Crippen molar-refractivity contribution in [2.75, 3.05) is 5.75 Å². The fourth-order valence-corrected chi connectivity index (χ4v) is 3.83. The summed E-state index contributed by atoms with van der Waals surface area (Å²) in [5.41, 5.74) is 3.83. The highest BCUT2D eigenvalue weighted by Crippen LogP contribution is 2.28. The maximum atomic E-state index is 11.8. The van der Waals surface area contributed by atoms with Crippen molar-refractivity contribution < 1.29 is 9.72 Å². The number of hydrazone groups is 1. The van der Waals surface area contributed by atoms with Gasteiger partial charge >= 0.3 is 0 Å². The van der Waals surface area contributed by atoms with Crippen LogP contribution in [0.4, 0.5) is 5.69 Å². The molecule has 25 heavy (non-hydrogen) atoms. The number of nitro groups is 1. The number of nitrogens with one attached hydrogen (secondary N) is 1. The van der Waals surface area contributed by atoms with Crippen LogP contribution in [0.5, 0.6) is 0 Å². The lowest BCUT2D eigenvalue weighted by molar-refractivity contribution is -0.384. The number of carbonyl (C=O) groups excluding carboxylic acids is 1. The molecule has 0 atom stereocenters. The van der Waals surface area contributed by atoms with E-state index >= 15 is 0 Å². The van der Waals surface area contributed by atoms with Crippen molar-refractivity contribution in [3.63, 3.8) is 0 Å². The van der Waals surface area contributed by atoms with Crippen LogP contribution in [0.15, 0.2) is 58.0 Å². The van der Waals surface area contributed by atoms with Gasteiger partial charge in [0.05, 0.1) is 27.1 Å². The summed E-state index contributed by atoms with van der Waals surface area (Å²) < 4.78 is 1.90. The number of thioether (sulfide) groups is 1. The molecule has 3 aromatic rings. The van der Waals surface area contributed by atoms with Crippen LogP contribution >= 0.6 is 23.1 Å². The van der Waals surface area contributed by atoms with E-state index in [2.05, 4.69) is 15.5 Å². The Labute approximate surface area is 150 Å². The molecular weight excluding hydrogens is 360 g/mol. The first kappa shape index (κ1) is 17.1. The van der Waals surface area contributed by atoms with Crippen molar-refractivity contribution in [2.45, 2.75) is 4.34 Å². The number of rotatable bonds is 6. The Morgan fingerprint density at radius 3 is 2.96 bits per heavy atom. The number of fused-ring (bicyclic) bond motifs is 1. The van der Waals surface area contributed by atoms with E-state index in [0.29, 0.717) is 5.56 Å². The number of benzene rings is 2. The van der Waals surface area contributed by atoms with Crippen LogP contribution in [-0.2, 0) is 4.79 Å². The van der Waals surface area contributed by atoms with E-state index in [-0.39, 0.29) is 17.3 Å². The van der Waals surface area contributed by atoms with Gasteiger partial charge in [0, 0.05) is 17.7 Å². The predicted molar refractivity (Wildman–Crippen MR) is 99.2 cm³/mol. The van der Waals surface area contributed by atoms with Crippen molar-refractivity contribution in [3.8, 4) is 0 Å². The minimum Gasteiger partial charge on any atom is -0.272 e. The molecule has 0 aliphatic heterocycles. The van der Waals surface area contributed by atoms with Crippen molar-refractivity contribution in [2.24, 2.45) is 5.10 Å². The molecule has 1 amide bonds. The Kier molecular flexibility index (Phi) is 5.36. The molecule has 0 saturated carbocycles. The van der Waals surface area contributed by atoms with Crippen molar-refractivity contribution in [3.05, 3.63) is 64.2 Å². The normalized spacial score (nSPS) is 11.0. The zero-order chi connectivity index (χ0) is 17.6. The lowest BCUT2D eigenvalue weighted by Crippen LogP contribution is -2.19. The van der Waals surface area contributed by atoms with E-state index in [9.17, 15) is 14.9 Å². The average Bonchev–Trinajstić information content (AvgIpc) is 3.03. The largest absolute Gasteiger partial charge is 0.272 e. The van der Waals surface area contributed by atoms with Gasteiger partial charge in [-0.05, 0) is 12.1 Å². The monoisotopic (exact) mass is 372 g/mol. The molecule has 0 fully saturated rings. The molecule has 1 heterocycles. The van der Waals surface area contributed by atoms with E-state index in [4.69, 9.17) is 0 Å². The molecule has 0 aliphatic rings. The number of nitrogens with zero attached hydrogens (tertiary/aromatic N) is 3. The smallest absolute Gasteiger partial charge is 0.270 e. The maximum Gasteiger partial charge on any atom is 0.270 e. The van der Waals surface area contributed by atoms with Crippen molar-refractivity contribution >= 4 is 51.1 Å². The Morgan fingerprint density at radius 1 is 1.32 bits per heavy atom. The highest BCUT2D eigenvalue weighted by molar-refractivity contribution is 8.01. The summed E-state index contributed by atoms with van der Waals surface area (Å²) in [5, 5.41) is 14.5. The molecule has 3 rings (SSSR count). The Bertz CT molecular complexity index is 922. The zero-order valence-electron chi connectivity index (χ0n) is 12.8. The Morgan fingerprint density at radius 2 is 2.16 bits per heavy atom. The Balaban J connectivity index is 1.52. The number of hydrogen-bond acceptors (Lipinski definition) is 7. The Hall–Kier alpha value is -2.78. The molecule has 126 valence electrons. The zero-order valence-corrected chi connectivity index (χ0v) is 14.4. The first-order valence-electron chi connectivity index (χ1n) is 7.16. The average molecular weight is 372 g/mol. The highest BCUT2D eigenvalue weighted by atomic mass is 32.2. The first-order chi connectivity index (χ1) is 12.1. The van der Waals surface area contributed by atoms with Gasteiger partial charge in [0.2, 0.25) is 0 Å². The van der Waals surface area contributed by atoms with E-state index in [1.165, 1.54) is 41.4 Å². The van der Waals surface area contributed by atoms with Gasteiger partial charge in [-0.25, -0.2) is 10.4 Å². The molecule has 0 spiro atoms. The fourth-order valence-electron chi connectivity index (χ4n) is 1.97. The summed E-state index contributed by atoms with van der Waals surface area (Å²) in [5.74, 6) is -0.0857. The molecule has 0 saturated heterocycles. The van der Waals surface area contributed by atoms with Crippen molar-refractivity contribution in [1.82, 2.24) is 10.4 Å². The second kappa shape index (κ2) is 7.86. The van der Waals surface area contributed by atoms with E-state index < -0.39 is 4.92 Å². The van der Waals surface area contributed by atoms with Crippen LogP contribution in [0.3, 0.4) is 0 Å². The number of carbonyl (C=O) groups is 1. The minimum absolute atomic E-state index is 0.0262. The molecule has 9 heteroatoms. The third-order valence-corrected chi connectivity index (χ3v) is 5.26. The van der Waals surface area contributed by atoms with Gasteiger partial charge in [0.1, 0.15) is 0 Å². The van der Waals surface area contributed by atoms with Crippen LogP contribution in [0, 0.1) is 10.1 Å². The quantitative estimate of drug-likeness (QED) is 0.309. The second-order valence-corrected chi connectivity index (χ2v) is 7.13. The summed E-state index contributed by atoms with van der Waals surface area (Å²) in [6.45, 7) is 0. The SMILES string of the molecule is O=C(CSc1nc2ccccc2s1)N/N=C\c1cccc([N+](=O)[O-])c1. The number of hydrogen-bond donors (Lipinski definition) is 1. The number of aromatic nitrogens is 1. The number of amides is 1. The van der Waals surface area contributed by atoms with Gasteiger partial charge in [0.15, 0.2) is 4.34 Å². The lowest BCUT2D eigenvalue weighted by atomic mass is 10.2. The topological polar surface area (TPSA) is 97.5 Å². The van der Waals surface area contributed by atoms with Gasteiger partial charge in [-0.2, -0.15) is 5.10 Å². The van der Waals surface area contributed by atoms with Crippen LogP contribution in [-0.4, -0.2) is 27.8 Å². The van der Waals surface area contributed by atoms with Gasteiger partial charge in [-0.3, -0.25) is 14.9 Å². The molecule has 7 nitrogen and oxygen atoms in total. The van der Waals surface area contributed by atoms with Gasteiger partial charge in [-0.15, -0.1) is 11.3 Å². The molecule has 1 aromatic heterocycles. The third kappa shape index (κ3) is 4.61. The van der Waals surface area contributed by atoms with Crippen LogP contribution in [0.2, 0.25) is 0 Å². The molecule has 0 radical (unpaired) electrons. The second-order valence-electron chi connectivity index (χ2n) is 4.88. The molecular formula is C16H12N4O3S2. The highest BCUT2D eigenvalue weighted by Gasteiger charge is 2.07. The molecule has 1 N–H and O–H groups in total. The lowest BCUT2D eigenvalue weighted by Gasteiger charge is -1.98. The summed E-state index contributed by atoms with van der Waals surface area (Å²) in [7, 11) is 0. The van der Waals surface area contributed by atoms with E-state index in [0.717, 1.165) is 14.6 Å². The summed E-state index contributed by atoms with van der Waals surface area (Å²) in [4.78, 5) is 26.5. The van der Waals surface area contributed by atoms with Gasteiger partial charge in [0.25, 0.3) is 11.6 Å². The van der Waals surface area contributed by atoms with Crippen molar-refractivity contribution in [1.29, 1.82) is 0 Å². The fraction of sp³-hybridized carbons (Fsp3) is 0.0625. The van der Waals surface area contributed by atoms with E-state index in [1.54, 1.807) is 12.1 Å². The maximum absolute atomic E-state index is 11.8. The standard InChI is InChI=1S/C16H12N4O3S2/c21-15(10-24-16-18-13-6-1-2-7-14(13)25-16)19-17-9-11-4-3-5-12(8-11)20(22)23/h1-9H,10H2,(H,19,21)/b17-9-. The number of para-hydroxylation sites is 1.